The topological polar surface area (TPSA) is 42.0 Å². The average Bonchev–Trinajstić information content (AvgIpc) is 2.88. The molecule has 22 heavy (non-hydrogen) atoms. The summed E-state index contributed by atoms with van der Waals surface area (Å²) in [7, 11) is 0. The molecule has 1 aromatic carbocycles. The number of rotatable bonds is 5. The molecule has 0 saturated carbocycles. The zero-order chi connectivity index (χ0) is 15.4. The van der Waals surface area contributed by atoms with Crippen molar-refractivity contribution >= 4 is 6.09 Å². The maximum absolute atomic E-state index is 12.1. The minimum absolute atomic E-state index is 0.0258. The van der Waals surface area contributed by atoms with E-state index >= 15 is 0 Å². The van der Waals surface area contributed by atoms with Crippen molar-refractivity contribution in [2.45, 2.75) is 25.5 Å². The maximum Gasteiger partial charge on any atom is 0.410 e. The van der Waals surface area contributed by atoms with Crippen molar-refractivity contribution in [3.05, 3.63) is 35.9 Å². The number of carbonyl (C=O) groups excluding carboxylic acids is 1. The van der Waals surface area contributed by atoms with Gasteiger partial charge in [0.05, 0.1) is 25.8 Å². The van der Waals surface area contributed by atoms with E-state index in [0.717, 1.165) is 39.3 Å². The number of amides is 1. The summed E-state index contributed by atoms with van der Waals surface area (Å²) < 4.78 is 10.7. The highest BCUT2D eigenvalue weighted by molar-refractivity contribution is 5.70. The number of cyclic esters (lactones) is 1. The summed E-state index contributed by atoms with van der Waals surface area (Å²) in [6.45, 7) is 7.15. The SMILES string of the molecule is CC1CN(C(CCN2CCOCC2)c2ccccc2)C(=O)O1. The molecule has 1 aromatic rings. The Kier molecular flexibility index (Phi) is 4.95. The van der Waals surface area contributed by atoms with Crippen molar-refractivity contribution in [2.24, 2.45) is 0 Å². The van der Waals surface area contributed by atoms with Gasteiger partial charge in [-0.15, -0.1) is 0 Å². The molecule has 0 spiro atoms. The second-order valence-electron chi connectivity index (χ2n) is 6.02. The van der Waals surface area contributed by atoms with Crippen molar-refractivity contribution in [1.82, 2.24) is 9.80 Å². The first-order valence-electron chi connectivity index (χ1n) is 8.06. The Morgan fingerprint density at radius 2 is 1.95 bits per heavy atom. The van der Waals surface area contributed by atoms with Gasteiger partial charge in [-0.05, 0) is 18.9 Å². The molecule has 0 bridgehead atoms. The van der Waals surface area contributed by atoms with Gasteiger partial charge in [0.1, 0.15) is 6.10 Å². The number of morpholine rings is 1. The number of hydrogen-bond acceptors (Lipinski definition) is 4. The predicted molar refractivity (Wildman–Crippen MR) is 83.7 cm³/mol. The number of carbonyl (C=O) groups is 1. The number of ether oxygens (including phenoxy) is 2. The molecule has 0 aliphatic carbocycles. The zero-order valence-electron chi connectivity index (χ0n) is 13.1. The molecule has 1 amide bonds. The van der Waals surface area contributed by atoms with Crippen LogP contribution in [-0.2, 0) is 9.47 Å². The summed E-state index contributed by atoms with van der Waals surface area (Å²) in [5.74, 6) is 0. The zero-order valence-corrected chi connectivity index (χ0v) is 13.1. The average molecular weight is 304 g/mol. The van der Waals surface area contributed by atoms with Gasteiger partial charge in [-0.3, -0.25) is 9.80 Å². The van der Waals surface area contributed by atoms with E-state index in [1.165, 1.54) is 5.56 Å². The predicted octanol–water partition coefficient (Wildman–Crippen LogP) is 2.29. The summed E-state index contributed by atoms with van der Waals surface area (Å²) >= 11 is 0. The van der Waals surface area contributed by atoms with E-state index in [9.17, 15) is 4.79 Å². The Balaban J connectivity index is 1.70. The van der Waals surface area contributed by atoms with E-state index in [2.05, 4.69) is 17.0 Å². The van der Waals surface area contributed by atoms with E-state index in [-0.39, 0.29) is 18.2 Å². The van der Waals surface area contributed by atoms with Crippen LogP contribution in [0.25, 0.3) is 0 Å². The molecule has 2 saturated heterocycles. The molecule has 2 fully saturated rings. The largest absolute Gasteiger partial charge is 0.444 e. The van der Waals surface area contributed by atoms with E-state index in [1.54, 1.807) is 0 Å². The molecular formula is C17H24N2O3. The fraction of sp³-hybridized carbons (Fsp3) is 0.588. The molecule has 2 aliphatic rings. The van der Waals surface area contributed by atoms with Crippen molar-refractivity contribution in [3.63, 3.8) is 0 Å². The fourth-order valence-electron chi connectivity index (χ4n) is 3.19. The monoisotopic (exact) mass is 304 g/mol. The number of hydrogen-bond donors (Lipinski definition) is 0. The van der Waals surface area contributed by atoms with Crippen LogP contribution in [-0.4, -0.2) is 61.4 Å². The lowest BCUT2D eigenvalue weighted by atomic mass is 10.0. The number of benzene rings is 1. The summed E-state index contributed by atoms with van der Waals surface area (Å²) in [5.41, 5.74) is 1.18. The molecular weight excluding hydrogens is 280 g/mol. The minimum atomic E-state index is -0.191. The van der Waals surface area contributed by atoms with Gasteiger partial charge in [0.25, 0.3) is 0 Å². The molecule has 2 atom stereocenters. The number of nitrogens with zero attached hydrogens (tertiary/aromatic N) is 2. The second-order valence-corrected chi connectivity index (χ2v) is 6.02. The molecule has 0 aromatic heterocycles. The molecule has 0 radical (unpaired) electrons. The van der Waals surface area contributed by atoms with Crippen LogP contribution >= 0.6 is 0 Å². The van der Waals surface area contributed by atoms with Crippen molar-refractivity contribution in [3.8, 4) is 0 Å². The Labute approximate surface area is 131 Å². The molecule has 120 valence electrons. The highest BCUT2D eigenvalue weighted by Gasteiger charge is 2.34. The standard InChI is InChI=1S/C17H24N2O3/c1-14-13-19(17(20)22-14)16(15-5-3-2-4-6-15)7-8-18-9-11-21-12-10-18/h2-6,14,16H,7-13H2,1H3. The molecule has 2 unspecified atom stereocenters. The van der Waals surface area contributed by atoms with Crippen LogP contribution in [0.4, 0.5) is 4.79 Å². The van der Waals surface area contributed by atoms with Crippen molar-refractivity contribution in [1.29, 1.82) is 0 Å². The third-order valence-corrected chi connectivity index (χ3v) is 4.37. The van der Waals surface area contributed by atoms with E-state index in [4.69, 9.17) is 9.47 Å². The maximum atomic E-state index is 12.1. The van der Waals surface area contributed by atoms with Crippen LogP contribution < -0.4 is 0 Å². The Morgan fingerprint density at radius 1 is 1.23 bits per heavy atom. The molecule has 2 aliphatic heterocycles. The molecule has 2 heterocycles. The smallest absolute Gasteiger partial charge is 0.410 e. The third kappa shape index (κ3) is 3.59. The van der Waals surface area contributed by atoms with Gasteiger partial charge in [-0.25, -0.2) is 4.79 Å². The molecule has 0 N–H and O–H groups in total. The van der Waals surface area contributed by atoms with Gasteiger partial charge in [0, 0.05) is 19.6 Å². The van der Waals surface area contributed by atoms with Crippen LogP contribution in [0.15, 0.2) is 30.3 Å². The first kappa shape index (κ1) is 15.3. The van der Waals surface area contributed by atoms with Crippen LogP contribution in [0.1, 0.15) is 24.9 Å². The van der Waals surface area contributed by atoms with E-state index in [1.807, 2.05) is 30.0 Å². The molecule has 5 nitrogen and oxygen atoms in total. The highest BCUT2D eigenvalue weighted by Crippen LogP contribution is 2.29. The van der Waals surface area contributed by atoms with Crippen LogP contribution in [0.3, 0.4) is 0 Å². The first-order chi connectivity index (χ1) is 10.7. The highest BCUT2D eigenvalue weighted by atomic mass is 16.6. The van der Waals surface area contributed by atoms with E-state index in [0.29, 0.717) is 6.54 Å². The summed E-state index contributed by atoms with van der Waals surface area (Å²) in [6.07, 6.45) is 0.705. The van der Waals surface area contributed by atoms with Gasteiger partial charge in [0.15, 0.2) is 0 Å². The van der Waals surface area contributed by atoms with Gasteiger partial charge in [-0.1, -0.05) is 30.3 Å². The summed E-state index contributed by atoms with van der Waals surface area (Å²) in [5, 5.41) is 0. The molecule has 5 heteroatoms. The lowest BCUT2D eigenvalue weighted by molar-refractivity contribution is 0.0341. The van der Waals surface area contributed by atoms with Crippen molar-refractivity contribution < 1.29 is 14.3 Å². The molecule has 3 rings (SSSR count). The van der Waals surface area contributed by atoms with E-state index < -0.39 is 0 Å². The lowest BCUT2D eigenvalue weighted by Gasteiger charge is -2.31. The van der Waals surface area contributed by atoms with Gasteiger partial charge < -0.3 is 9.47 Å². The van der Waals surface area contributed by atoms with Gasteiger partial charge in [0.2, 0.25) is 0 Å². The van der Waals surface area contributed by atoms with Crippen LogP contribution in [0.2, 0.25) is 0 Å². The quantitative estimate of drug-likeness (QED) is 0.837. The van der Waals surface area contributed by atoms with Crippen LogP contribution in [0.5, 0.6) is 0 Å². The Morgan fingerprint density at radius 3 is 2.59 bits per heavy atom. The lowest BCUT2D eigenvalue weighted by Crippen LogP contribution is -2.39. The normalized spacial score (nSPS) is 24.3. The van der Waals surface area contributed by atoms with Crippen LogP contribution in [0, 0.1) is 0 Å². The summed E-state index contributed by atoms with van der Waals surface area (Å²) in [4.78, 5) is 16.4. The summed E-state index contributed by atoms with van der Waals surface area (Å²) in [6, 6.07) is 10.3. The van der Waals surface area contributed by atoms with Crippen molar-refractivity contribution in [2.75, 3.05) is 39.4 Å². The fourth-order valence-corrected chi connectivity index (χ4v) is 3.19. The minimum Gasteiger partial charge on any atom is -0.444 e. The van der Waals surface area contributed by atoms with Gasteiger partial charge >= 0.3 is 6.09 Å². The van der Waals surface area contributed by atoms with Gasteiger partial charge in [-0.2, -0.15) is 0 Å². The Hall–Kier alpha value is -1.59. The first-order valence-corrected chi connectivity index (χ1v) is 8.06. The second kappa shape index (κ2) is 7.11. The Bertz CT molecular complexity index is 488. The third-order valence-electron chi connectivity index (χ3n) is 4.37.